The van der Waals surface area contributed by atoms with Crippen LogP contribution >= 0.6 is 35.0 Å². The van der Waals surface area contributed by atoms with Gasteiger partial charge in [-0.1, -0.05) is 46.6 Å². The molecular weight excluding hydrogens is 397 g/mol. The van der Waals surface area contributed by atoms with Gasteiger partial charge in [-0.25, -0.2) is 0 Å². The zero-order valence-corrected chi connectivity index (χ0v) is 15.7. The van der Waals surface area contributed by atoms with Gasteiger partial charge in [0, 0.05) is 35.6 Å². The smallest absolute Gasteiger partial charge is 0.270 e. The Balaban J connectivity index is 1.54. The SMILES string of the molecule is O=[N+]([O-])c1cccc(-c2noc(CCSCc3ccc(Cl)c(Cl)c3)n2)c1. The zero-order valence-electron chi connectivity index (χ0n) is 13.4. The van der Waals surface area contributed by atoms with Crippen molar-refractivity contribution in [2.24, 2.45) is 0 Å². The molecule has 0 amide bonds. The van der Waals surface area contributed by atoms with Gasteiger partial charge in [0.2, 0.25) is 11.7 Å². The van der Waals surface area contributed by atoms with E-state index >= 15 is 0 Å². The van der Waals surface area contributed by atoms with E-state index in [1.807, 2.05) is 12.1 Å². The van der Waals surface area contributed by atoms with Crippen LogP contribution in [0, 0.1) is 10.1 Å². The summed E-state index contributed by atoms with van der Waals surface area (Å²) in [5.74, 6) is 2.42. The van der Waals surface area contributed by atoms with Crippen LogP contribution in [0.3, 0.4) is 0 Å². The van der Waals surface area contributed by atoms with Gasteiger partial charge in [-0.05, 0) is 17.7 Å². The Morgan fingerprint density at radius 3 is 2.77 bits per heavy atom. The van der Waals surface area contributed by atoms with Crippen molar-refractivity contribution in [3.8, 4) is 11.4 Å². The van der Waals surface area contributed by atoms with E-state index in [1.165, 1.54) is 12.1 Å². The molecule has 9 heteroatoms. The molecule has 0 radical (unpaired) electrons. The van der Waals surface area contributed by atoms with E-state index in [2.05, 4.69) is 10.1 Å². The van der Waals surface area contributed by atoms with Crippen LogP contribution in [-0.4, -0.2) is 20.8 Å². The van der Waals surface area contributed by atoms with E-state index in [9.17, 15) is 10.1 Å². The van der Waals surface area contributed by atoms with E-state index in [0.717, 1.165) is 17.1 Å². The monoisotopic (exact) mass is 409 g/mol. The van der Waals surface area contributed by atoms with Crippen molar-refractivity contribution in [2.75, 3.05) is 5.75 Å². The molecule has 1 heterocycles. The molecule has 0 fully saturated rings. The van der Waals surface area contributed by atoms with Crippen LogP contribution in [0.25, 0.3) is 11.4 Å². The highest BCUT2D eigenvalue weighted by Gasteiger charge is 2.12. The molecule has 0 atom stereocenters. The van der Waals surface area contributed by atoms with E-state index in [1.54, 1.807) is 30.0 Å². The number of nitro benzene ring substituents is 1. The fourth-order valence-electron chi connectivity index (χ4n) is 2.21. The highest BCUT2D eigenvalue weighted by molar-refractivity contribution is 7.98. The van der Waals surface area contributed by atoms with Crippen LogP contribution in [0.1, 0.15) is 11.5 Å². The van der Waals surface area contributed by atoms with Gasteiger partial charge in [0.25, 0.3) is 5.69 Å². The van der Waals surface area contributed by atoms with Gasteiger partial charge in [-0.15, -0.1) is 0 Å². The number of aryl methyl sites for hydroxylation is 1. The normalized spacial score (nSPS) is 10.8. The lowest BCUT2D eigenvalue weighted by atomic mass is 10.2. The summed E-state index contributed by atoms with van der Waals surface area (Å²) >= 11 is 13.6. The van der Waals surface area contributed by atoms with Crippen LogP contribution in [0.2, 0.25) is 10.0 Å². The van der Waals surface area contributed by atoms with Gasteiger partial charge >= 0.3 is 0 Å². The third-order valence-corrected chi connectivity index (χ3v) is 5.27. The van der Waals surface area contributed by atoms with Gasteiger partial charge in [0.15, 0.2) is 0 Å². The Hall–Kier alpha value is -2.09. The summed E-state index contributed by atoms with van der Waals surface area (Å²) in [7, 11) is 0. The maximum absolute atomic E-state index is 10.8. The van der Waals surface area contributed by atoms with Gasteiger partial charge in [-0.3, -0.25) is 10.1 Å². The molecule has 1 aromatic heterocycles. The van der Waals surface area contributed by atoms with Gasteiger partial charge < -0.3 is 4.52 Å². The third-order valence-electron chi connectivity index (χ3n) is 3.50. The molecule has 0 aliphatic carbocycles. The highest BCUT2D eigenvalue weighted by atomic mass is 35.5. The minimum atomic E-state index is -0.454. The number of aromatic nitrogens is 2. The van der Waals surface area contributed by atoms with Gasteiger partial charge in [0.05, 0.1) is 15.0 Å². The second-order valence-electron chi connectivity index (χ2n) is 5.37. The largest absolute Gasteiger partial charge is 0.339 e. The third kappa shape index (κ3) is 4.75. The van der Waals surface area contributed by atoms with E-state index in [-0.39, 0.29) is 5.69 Å². The Bertz CT molecular complexity index is 933. The summed E-state index contributed by atoms with van der Waals surface area (Å²) in [6.07, 6.45) is 0.605. The number of non-ortho nitro benzene ring substituents is 1. The molecule has 0 N–H and O–H groups in total. The Morgan fingerprint density at radius 1 is 1.15 bits per heavy atom. The molecule has 3 aromatic rings. The second-order valence-corrected chi connectivity index (χ2v) is 7.29. The molecule has 0 spiro atoms. The number of benzene rings is 2. The average molecular weight is 410 g/mol. The summed E-state index contributed by atoms with van der Waals surface area (Å²) in [5.41, 5.74) is 1.64. The van der Waals surface area contributed by atoms with E-state index in [4.69, 9.17) is 27.7 Å². The molecule has 26 heavy (non-hydrogen) atoms. The first-order valence-corrected chi connectivity index (χ1v) is 9.53. The quantitative estimate of drug-likeness (QED) is 0.294. The fourth-order valence-corrected chi connectivity index (χ4v) is 3.41. The molecule has 134 valence electrons. The van der Waals surface area contributed by atoms with Crippen LogP contribution in [-0.2, 0) is 12.2 Å². The number of hydrogen-bond donors (Lipinski definition) is 0. The van der Waals surface area contributed by atoms with Crippen LogP contribution in [0.5, 0.6) is 0 Å². The molecule has 2 aromatic carbocycles. The number of halogens is 2. The van der Waals surface area contributed by atoms with Crippen molar-refractivity contribution in [2.45, 2.75) is 12.2 Å². The minimum Gasteiger partial charge on any atom is -0.339 e. The molecular formula is C17H13Cl2N3O3S. The number of nitro groups is 1. The topological polar surface area (TPSA) is 82.1 Å². The molecule has 6 nitrogen and oxygen atoms in total. The standard InChI is InChI=1S/C17H13Cl2N3O3S/c18-14-5-4-11(8-15(14)19)10-26-7-6-16-20-17(21-25-16)12-2-1-3-13(9-12)22(23)24/h1-5,8-9H,6-7,10H2. The summed E-state index contributed by atoms with van der Waals surface area (Å²) < 4.78 is 5.22. The van der Waals surface area contributed by atoms with Crippen molar-refractivity contribution in [3.05, 3.63) is 74.1 Å². The molecule has 0 unspecified atom stereocenters. The van der Waals surface area contributed by atoms with Crippen molar-refractivity contribution in [1.29, 1.82) is 0 Å². The first-order chi connectivity index (χ1) is 12.5. The minimum absolute atomic E-state index is 0.00830. The van der Waals surface area contributed by atoms with E-state index in [0.29, 0.717) is 33.7 Å². The lowest BCUT2D eigenvalue weighted by molar-refractivity contribution is -0.384. The highest BCUT2D eigenvalue weighted by Crippen LogP contribution is 2.25. The molecule has 3 rings (SSSR count). The predicted octanol–water partition coefficient (Wildman–Crippen LogP) is 5.43. The first kappa shape index (κ1) is 18.7. The Labute approximate surface area is 163 Å². The molecule has 0 aliphatic rings. The second kappa shape index (κ2) is 8.53. The maximum Gasteiger partial charge on any atom is 0.270 e. The lowest BCUT2D eigenvalue weighted by Gasteiger charge is -2.02. The summed E-state index contributed by atoms with van der Waals surface area (Å²) in [5, 5.41) is 15.8. The van der Waals surface area contributed by atoms with E-state index < -0.39 is 4.92 Å². The molecule has 0 bridgehead atoms. The maximum atomic E-state index is 10.8. The van der Waals surface area contributed by atoms with Crippen molar-refractivity contribution < 1.29 is 9.45 Å². The average Bonchev–Trinajstić information content (AvgIpc) is 3.11. The number of rotatable bonds is 7. The number of nitrogens with zero attached hydrogens (tertiary/aromatic N) is 3. The van der Waals surface area contributed by atoms with Gasteiger partial charge in [0.1, 0.15) is 0 Å². The van der Waals surface area contributed by atoms with Crippen molar-refractivity contribution in [3.63, 3.8) is 0 Å². The fraction of sp³-hybridized carbons (Fsp3) is 0.176. The number of thioether (sulfide) groups is 1. The molecule has 0 saturated heterocycles. The predicted molar refractivity (Wildman–Crippen MR) is 103 cm³/mol. The van der Waals surface area contributed by atoms with Crippen molar-refractivity contribution >= 4 is 40.7 Å². The zero-order chi connectivity index (χ0) is 18.5. The van der Waals surface area contributed by atoms with Crippen LogP contribution in [0.15, 0.2) is 47.0 Å². The molecule has 0 saturated carbocycles. The Kier molecular flexibility index (Phi) is 6.13. The Morgan fingerprint density at radius 2 is 2.00 bits per heavy atom. The summed E-state index contributed by atoms with van der Waals surface area (Å²) in [4.78, 5) is 14.7. The lowest BCUT2D eigenvalue weighted by Crippen LogP contribution is -1.91. The van der Waals surface area contributed by atoms with Crippen molar-refractivity contribution in [1.82, 2.24) is 10.1 Å². The number of hydrogen-bond acceptors (Lipinski definition) is 6. The first-order valence-electron chi connectivity index (χ1n) is 7.62. The van der Waals surface area contributed by atoms with Crippen LogP contribution < -0.4 is 0 Å². The molecule has 0 aliphatic heterocycles. The van der Waals surface area contributed by atoms with Gasteiger partial charge in [-0.2, -0.15) is 16.7 Å². The summed E-state index contributed by atoms with van der Waals surface area (Å²) in [6.45, 7) is 0. The van der Waals surface area contributed by atoms with Crippen LogP contribution in [0.4, 0.5) is 5.69 Å². The summed E-state index contributed by atoms with van der Waals surface area (Å²) in [6, 6.07) is 11.7.